The zero-order valence-corrected chi connectivity index (χ0v) is 16.4. The Hall–Kier alpha value is -3.22. The first kappa shape index (κ1) is 21.1. The Balaban J connectivity index is 1.75. The number of hydrogen-bond acceptors (Lipinski definition) is 4. The minimum Gasteiger partial charge on any atom is -0.494 e. The quantitative estimate of drug-likeness (QED) is 0.351. The summed E-state index contributed by atoms with van der Waals surface area (Å²) < 4.78 is 10.3. The monoisotopic (exact) mass is 384 g/mol. The topological polar surface area (TPSA) is 84.0 Å². The summed E-state index contributed by atoms with van der Waals surface area (Å²) in [5.74, 6) is 1.65. The molecule has 2 aromatic rings. The number of nitrogens with one attached hydrogen (secondary N) is 3. The van der Waals surface area contributed by atoms with Crippen molar-refractivity contribution in [2.24, 2.45) is 4.99 Å². The first-order chi connectivity index (χ1) is 13.7. The van der Waals surface area contributed by atoms with E-state index in [0.717, 1.165) is 36.8 Å². The fraction of sp³-hybridized carbons (Fsp3) is 0.333. The normalized spacial score (nSPS) is 10.9. The fourth-order valence-corrected chi connectivity index (χ4v) is 2.36. The standard InChI is InChI=1S/C21H28N4O3/c1-3-22-20(23-14-7-15-28-19-8-5-4-6-9-19)24-16-17-10-12-18(13-11-17)25-21(26)27-2/h4-6,8-13H,3,7,14-16H2,1-2H3,(H,25,26)(H2,22,23,24). The number of hydrogen-bond donors (Lipinski definition) is 3. The van der Waals surface area contributed by atoms with Crippen molar-refractivity contribution >= 4 is 17.7 Å². The van der Waals surface area contributed by atoms with E-state index in [4.69, 9.17) is 4.74 Å². The average Bonchev–Trinajstić information content (AvgIpc) is 2.73. The second-order valence-electron chi connectivity index (χ2n) is 5.95. The number of para-hydroxylation sites is 1. The molecule has 3 N–H and O–H groups in total. The SMILES string of the molecule is CCNC(=NCc1ccc(NC(=O)OC)cc1)NCCCOc1ccccc1. The number of anilines is 1. The zero-order valence-electron chi connectivity index (χ0n) is 16.4. The molecular formula is C21H28N4O3. The second kappa shape index (κ2) is 12.2. The highest BCUT2D eigenvalue weighted by Crippen LogP contribution is 2.11. The molecule has 0 spiro atoms. The van der Waals surface area contributed by atoms with Crippen molar-refractivity contribution in [1.82, 2.24) is 10.6 Å². The maximum Gasteiger partial charge on any atom is 0.411 e. The Morgan fingerprint density at radius 2 is 1.79 bits per heavy atom. The lowest BCUT2D eigenvalue weighted by atomic mass is 10.2. The van der Waals surface area contributed by atoms with Crippen LogP contribution in [0.2, 0.25) is 0 Å². The van der Waals surface area contributed by atoms with Crippen LogP contribution in [0, 0.1) is 0 Å². The summed E-state index contributed by atoms with van der Waals surface area (Å²) in [5.41, 5.74) is 1.73. The lowest BCUT2D eigenvalue weighted by Gasteiger charge is -2.12. The van der Waals surface area contributed by atoms with Gasteiger partial charge in [-0.3, -0.25) is 5.32 Å². The summed E-state index contributed by atoms with van der Waals surface area (Å²) in [6, 6.07) is 17.3. The molecule has 0 aromatic heterocycles. The maximum atomic E-state index is 11.2. The average molecular weight is 384 g/mol. The molecule has 0 atom stereocenters. The summed E-state index contributed by atoms with van der Waals surface area (Å²) in [6.07, 6.45) is 0.383. The predicted octanol–water partition coefficient (Wildman–Crippen LogP) is 3.39. The zero-order chi connectivity index (χ0) is 20.0. The molecule has 0 radical (unpaired) electrons. The Kier molecular flexibility index (Phi) is 9.20. The van der Waals surface area contributed by atoms with E-state index in [1.165, 1.54) is 7.11 Å². The van der Waals surface area contributed by atoms with Crippen molar-refractivity contribution in [3.63, 3.8) is 0 Å². The molecule has 0 saturated heterocycles. The molecule has 7 heteroatoms. The molecule has 28 heavy (non-hydrogen) atoms. The van der Waals surface area contributed by atoms with Gasteiger partial charge in [-0.2, -0.15) is 0 Å². The highest BCUT2D eigenvalue weighted by Gasteiger charge is 2.01. The predicted molar refractivity (Wildman–Crippen MR) is 112 cm³/mol. The molecule has 7 nitrogen and oxygen atoms in total. The third-order valence-electron chi connectivity index (χ3n) is 3.78. The highest BCUT2D eigenvalue weighted by atomic mass is 16.5. The van der Waals surface area contributed by atoms with E-state index in [0.29, 0.717) is 18.8 Å². The summed E-state index contributed by atoms with van der Waals surface area (Å²) in [4.78, 5) is 15.8. The number of ether oxygens (including phenoxy) is 2. The van der Waals surface area contributed by atoms with Crippen LogP contribution in [0.3, 0.4) is 0 Å². The molecule has 150 valence electrons. The third kappa shape index (κ3) is 7.99. The van der Waals surface area contributed by atoms with E-state index in [2.05, 4.69) is 25.7 Å². The van der Waals surface area contributed by atoms with Crippen LogP contribution in [-0.4, -0.2) is 38.9 Å². The van der Waals surface area contributed by atoms with E-state index in [9.17, 15) is 4.79 Å². The molecule has 2 aromatic carbocycles. The second-order valence-corrected chi connectivity index (χ2v) is 5.95. The first-order valence-electron chi connectivity index (χ1n) is 9.35. The number of guanidine groups is 1. The van der Waals surface area contributed by atoms with Crippen molar-refractivity contribution < 1.29 is 14.3 Å². The van der Waals surface area contributed by atoms with Gasteiger partial charge in [0.05, 0.1) is 20.3 Å². The number of carbonyl (C=O) groups is 1. The lowest BCUT2D eigenvalue weighted by molar-refractivity contribution is 0.187. The van der Waals surface area contributed by atoms with Gasteiger partial charge in [0, 0.05) is 18.8 Å². The first-order valence-corrected chi connectivity index (χ1v) is 9.35. The van der Waals surface area contributed by atoms with Gasteiger partial charge >= 0.3 is 6.09 Å². The van der Waals surface area contributed by atoms with Gasteiger partial charge in [-0.25, -0.2) is 9.79 Å². The van der Waals surface area contributed by atoms with Crippen LogP contribution in [0.5, 0.6) is 5.75 Å². The summed E-state index contributed by atoms with van der Waals surface area (Å²) in [7, 11) is 1.33. The van der Waals surface area contributed by atoms with Crippen molar-refractivity contribution in [1.29, 1.82) is 0 Å². The third-order valence-corrected chi connectivity index (χ3v) is 3.78. The highest BCUT2D eigenvalue weighted by molar-refractivity contribution is 5.84. The number of rotatable bonds is 9. The number of aliphatic imine (C=N–C) groups is 1. The molecule has 0 heterocycles. The van der Waals surface area contributed by atoms with Crippen LogP contribution in [-0.2, 0) is 11.3 Å². The van der Waals surface area contributed by atoms with E-state index >= 15 is 0 Å². The van der Waals surface area contributed by atoms with Crippen molar-refractivity contribution in [3.05, 3.63) is 60.2 Å². The summed E-state index contributed by atoms with van der Waals surface area (Å²) in [6.45, 7) is 4.76. The number of amides is 1. The molecule has 1 amide bonds. The minimum atomic E-state index is -0.486. The van der Waals surface area contributed by atoms with Gasteiger partial charge in [-0.15, -0.1) is 0 Å². The number of methoxy groups -OCH3 is 1. The minimum absolute atomic E-state index is 0.486. The van der Waals surface area contributed by atoms with Gasteiger partial charge in [-0.05, 0) is 43.2 Å². The fourth-order valence-electron chi connectivity index (χ4n) is 2.36. The molecule has 2 rings (SSSR count). The molecular weight excluding hydrogens is 356 g/mol. The molecule has 0 aliphatic rings. The lowest BCUT2D eigenvalue weighted by Crippen LogP contribution is -2.38. The van der Waals surface area contributed by atoms with Gasteiger partial charge in [0.25, 0.3) is 0 Å². The van der Waals surface area contributed by atoms with Crippen LogP contribution >= 0.6 is 0 Å². The van der Waals surface area contributed by atoms with E-state index in [1.807, 2.05) is 61.5 Å². The summed E-state index contributed by atoms with van der Waals surface area (Å²) >= 11 is 0. The van der Waals surface area contributed by atoms with E-state index < -0.39 is 6.09 Å². The maximum absolute atomic E-state index is 11.2. The van der Waals surface area contributed by atoms with Crippen molar-refractivity contribution in [2.75, 3.05) is 32.1 Å². The number of carbonyl (C=O) groups excluding carboxylic acids is 1. The van der Waals surface area contributed by atoms with Gasteiger partial charge in [0.2, 0.25) is 0 Å². The van der Waals surface area contributed by atoms with Crippen LogP contribution in [0.1, 0.15) is 18.9 Å². The molecule has 0 aliphatic heterocycles. The van der Waals surface area contributed by atoms with Crippen LogP contribution in [0.25, 0.3) is 0 Å². The van der Waals surface area contributed by atoms with Gasteiger partial charge in [0.1, 0.15) is 5.75 Å². The van der Waals surface area contributed by atoms with Gasteiger partial charge < -0.3 is 20.1 Å². The van der Waals surface area contributed by atoms with Crippen LogP contribution in [0.4, 0.5) is 10.5 Å². The summed E-state index contributed by atoms with van der Waals surface area (Å²) in [5, 5.41) is 9.16. The van der Waals surface area contributed by atoms with E-state index in [-0.39, 0.29) is 0 Å². The van der Waals surface area contributed by atoms with Crippen LogP contribution in [0.15, 0.2) is 59.6 Å². The van der Waals surface area contributed by atoms with Crippen molar-refractivity contribution in [3.8, 4) is 5.75 Å². The molecule has 0 bridgehead atoms. The molecule has 0 fully saturated rings. The largest absolute Gasteiger partial charge is 0.494 e. The van der Waals surface area contributed by atoms with Gasteiger partial charge in [0.15, 0.2) is 5.96 Å². The number of benzene rings is 2. The molecule has 0 aliphatic carbocycles. The molecule has 0 saturated carbocycles. The Morgan fingerprint density at radius 3 is 2.46 bits per heavy atom. The number of nitrogens with zero attached hydrogens (tertiary/aromatic N) is 1. The Morgan fingerprint density at radius 1 is 1.04 bits per heavy atom. The molecule has 0 unspecified atom stereocenters. The Bertz CT molecular complexity index is 733. The smallest absolute Gasteiger partial charge is 0.411 e. The van der Waals surface area contributed by atoms with E-state index in [1.54, 1.807) is 0 Å². The van der Waals surface area contributed by atoms with Crippen LogP contribution < -0.4 is 20.7 Å². The Labute approximate surface area is 166 Å². The van der Waals surface area contributed by atoms with Crippen molar-refractivity contribution in [2.45, 2.75) is 19.9 Å². The van der Waals surface area contributed by atoms with Gasteiger partial charge in [-0.1, -0.05) is 30.3 Å².